The Morgan fingerprint density at radius 2 is 1.88 bits per heavy atom. The number of nitrogens with one attached hydrogen (secondary N) is 1. The van der Waals surface area contributed by atoms with E-state index in [-0.39, 0.29) is 11.8 Å². The molecule has 1 fully saturated rings. The average Bonchev–Trinajstić information content (AvgIpc) is 3.00. The lowest BCUT2D eigenvalue weighted by molar-refractivity contribution is 0.328. The number of benzene rings is 1. The molecule has 0 spiro atoms. The minimum absolute atomic E-state index is 0.218. The van der Waals surface area contributed by atoms with Crippen molar-refractivity contribution in [3.63, 3.8) is 0 Å². The normalized spacial score (nSPS) is 15.1. The second-order valence-electron chi connectivity index (χ2n) is 3.60. The van der Waals surface area contributed by atoms with Crippen molar-refractivity contribution in [3.8, 4) is 0 Å². The van der Waals surface area contributed by atoms with Gasteiger partial charge in [-0.05, 0) is 18.4 Å². The lowest BCUT2D eigenvalue weighted by Gasteiger charge is -1.95. The Morgan fingerprint density at radius 1 is 1.31 bits per heavy atom. The molecule has 2 N–H and O–H groups in total. The maximum atomic E-state index is 10.9. The molecule has 0 radical (unpaired) electrons. The van der Waals surface area contributed by atoms with Gasteiger partial charge >= 0.3 is 0 Å². The number of hydrogen-bond donors (Lipinski definition) is 2. The maximum Gasteiger partial charge on any atom is 0.269 e. The molecule has 0 aliphatic heterocycles. The highest BCUT2D eigenvalue weighted by atomic mass is 32.2. The molecule has 1 aromatic carbocycles. The molecule has 1 aromatic rings. The van der Waals surface area contributed by atoms with Crippen LogP contribution in [0.3, 0.4) is 0 Å². The summed E-state index contributed by atoms with van der Waals surface area (Å²) < 4.78 is 40.1. The molecule has 0 saturated heterocycles. The molecular weight excluding hydrogens is 233 g/mol. The third kappa shape index (κ3) is 6.49. The monoisotopic (exact) mass is 247 g/mol. The largest absolute Gasteiger partial charge is 0.285 e. The van der Waals surface area contributed by atoms with Gasteiger partial charge in [0.15, 0.2) is 0 Å². The van der Waals surface area contributed by atoms with Gasteiger partial charge in [0.25, 0.3) is 10.1 Å². The zero-order valence-corrected chi connectivity index (χ0v) is 9.45. The maximum absolute atomic E-state index is 10.9. The predicted molar refractivity (Wildman–Crippen MR) is 59.0 cm³/mol. The van der Waals surface area contributed by atoms with E-state index in [1.807, 2.05) is 0 Å². The third-order valence-electron chi connectivity index (χ3n) is 1.92. The molecule has 0 amide bonds. The molecule has 6 heteroatoms. The zero-order valence-electron chi connectivity index (χ0n) is 8.64. The third-order valence-corrected chi connectivity index (χ3v) is 2.62. The first kappa shape index (κ1) is 13.1. The topological polar surface area (TPSA) is 66.4 Å². The summed E-state index contributed by atoms with van der Waals surface area (Å²) in [6, 6.07) is 8.74. The molecule has 2 rings (SSSR count). The van der Waals surface area contributed by atoms with Crippen LogP contribution in [0.1, 0.15) is 18.4 Å². The van der Waals surface area contributed by atoms with Crippen molar-refractivity contribution >= 4 is 10.1 Å². The van der Waals surface area contributed by atoms with Crippen LogP contribution in [0.25, 0.3) is 0 Å². The molecule has 1 aliphatic carbocycles. The molecule has 4 nitrogen and oxygen atoms in total. The fourth-order valence-electron chi connectivity index (χ4n) is 0.977. The fourth-order valence-corrected chi connectivity index (χ4v) is 1.59. The quantitative estimate of drug-likeness (QED) is 0.630. The fraction of sp³-hybridized carbons (Fsp3) is 0.400. The highest BCUT2D eigenvalue weighted by molar-refractivity contribution is 7.85. The zero-order chi connectivity index (χ0) is 12.0. The summed E-state index contributed by atoms with van der Waals surface area (Å²) in [7, 11) is -3.88. The Kier molecular flexibility index (Phi) is 4.85. The second-order valence-corrected chi connectivity index (χ2v) is 5.05. The highest BCUT2D eigenvalue weighted by Crippen LogP contribution is 2.17. The van der Waals surface area contributed by atoms with Gasteiger partial charge in [0.1, 0.15) is 5.75 Å². The SMILES string of the molecule is FNC1CC1.O=S(=O)(O)Cc1ccccc1. The summed E-state index contributed by atoms with van der Waals surface area (Å²) in [4.78, 5) is 0. The van der Waals surface area contributed by atoms with E-state index < -0.39 is 10.1 Å². The Bertz CT molecular complexity index is 403. The van der Waals surface area contributed by atoms with Crippen LogP contribution < -0.4 is 5.54 Å². The average molecular weight is 247 g/mol. The standard InChI is InChI=1S/C7H8O3S.C3H6FN/c8-11(9,10)6-7-4-2-1-3-5-7;4-5-3-1-2-3/h1-5H,6H2,(H,8,9,10);3,5H,1-2H2. The number of halogens is 1. The van der Waals surface area contributed by atoms with Crippen LogP contribution in [0, 0.1) is 0 Å². The second kappa shape index (κ2) is 5.93. The lowest BCUT2D eigenvalue weighted by atomic mass is 10.2. The van der Waals surface area contributed by atoms with Crippen LogP contribution in [-0.2, 0) is 15.9 Å². The summed E-state index contributed by atoms with van der Waals surface area (Å²) >= 11 is 0. The first-order valence-corrected chi connectivity index (χ1v) is 6.47. The van der Waals surface area contributed by atoms with Gasteiger partial charge in [-0.2, -0.15) is 14.0 Å². The van der Waals surface area contributed by atoms with Crippen LogP contribution in [0.15, 0.2) is 30.3 Å². The first-order chi connectivity index (χ1) is 7.51. The van der Waals surface area contributed by atoms with Gasteiger partial charge in [-0.15, -0.1) is 4.48 Å². The van der Waals surface area contributed by atoms with Crippen LogP contribution in [0.4, 0.5) is 4.48 Å². The molecule has 1 saturated carbocycles. The van der Waals surface area contributed by atoms with E-state index in [1.54, 1.807) is 35.9 Å². The van der Waals surface area contributed by atoms with Crippen molar-refractivity contribution in [1.29, 1.82) is 0 Å². The van der Waals surface area contributed by atoms with Crippen LogP contribution in [-0.4, -0.2) is 19.0 Å². The molecule has 0 atom stereocenters. The molecule has 0 bridgehead atoms. The van der Waals surface area contributed by atoms with E-state index in [2.05, 4.69) is 0 Å². The molecule has 0 unspecified atom stereocenters. The predicted octanol–water partition coefficient (Wildman–Crippen LogP) is 1.70. The van der Waals surface area contributed by atoms with Gasteiger partial charge in [0, 0.05) is 6.04 Å². The summed E-state index contributed by atoms with van der Waals surface area (Å²) in [6.07, 6.45) is 2.05. The number of hydrogen-bond acceptors (Lipinski definition) is 3. The summed E-state index contributed by atoms with van der Waals surface area (Å²) in [5.74, 6) is -0.312. The Labute approximate surface area is 94.2 Å². The number of rotatable bonds is 3. The molecule has 1 aliphatic rings. The van der Waals surface area contributed by atoms with Crippen molar-refractivity contribution in [2.75, 3.05) is 0 Å². The van der Waals surface area contributed by atoms with Crippen molar-refractivity contribution in [1.82, 2.24) is 5.54 Å². The van der Waals surface area contributed by atoms with Gasteiger partial charge in [-0.1, -0.05) is 30.3 Å². The van der Waals surface area contributed by atoms with Gasteiger partial charge < -0.3 is 0 Å². The van der Waals surface area contributed by atoms with E-state index in [1.165, 1.54) is 0 Å². The van der Waals surface area contributed by atoms with Crippen molar-refractivity contribution in [2.24, 2.45) is 0 Å². The van der Waals surface area contributed by atoms with E-state index in [0.29, 0.717) is 5.56 Å². The van der Waals surface area contributed by atoms with E-state index in [9.17, 15) is 12.9 Å². The first-order valence-electron chi connectivity index (χ1n) is 4.86. The lowest BCUT2D eigenvalue weighted by Crippen LogP contribution is -2.00. The van der Waals surface area contributed by atoms with Crippen molar-refractivity contribution in [3.05, 3.63) is 35.9 Å². The van der Waals surface area contributed by atoms with Crippen molar-refractivity contribution < 1.29 is 17.5 Å². The van der Waals surface area contributed by atoms with Gasteiger partial charge in [0.2, 0.25) is 0 Å². The van der Waals surface area contributed by atoms with Crippen LogP contribution in [0.2, 0.25) is 0 Å². The van der Waals surface area contributed by atoms with E-state index >= 15 is 0 Å². The molecule has 90 valence electrons. The molecule has 16 heavy (non-hydrogen) atoms. The summed E-state index contributed by atoms with van der Waals surface area (Å²) in [5.41, 5.74) is 2.23. The van der Waals surface area contributed by atoms with E-state index in [4.69, 9.17) is 4.55 Å². The minimum atomic E-state index is -3.88. The van der Waals surface area contributed by atoms with Gasteiger partial charge in [-0.25, -0.2) is 0 Å². The van der Waals surface area contributed by atoms with Crippen molar-refractivity contribution in [2.45, 2.75) is 24.6 Å². The van der Waals surface area contributed by atoms with E-state index in [0.717, 1.165) is 12.8 Å². The Hall–Kier alpha value is -0.980. The summed E-state index contributed by atoms with van der Waals surface area (Å²) in [6.45, 7) is 0. The van der Waals surface area contributed by atoms with Crippen LogP contribution in [0.5, 0.6) is 0 Å². The van der Waals surface area contributed by atoms with Gasteiger partial charge in [0.05, 0.1) is 0 Å². The van der Waals surface area contributed by atoms with Gasteiger partial charge in [-0.3, -0.25) is 4.55 Å². The Balaban J connectivity index is 0.000000212. The smallest absolute Gasteiger partial charge is 0.269 e. The minimum Gasteiger partial charge on any atom is -0.285 e. The highest BCUT2D eigenvalue weighted by Gasteiger charge is 2.19. The molecule has 0 aromatic heterocycles. The van der Waals surface area contributed by atoms with Crippen LogP contribution >= 0.6 is 0 Å². The molecular formula is C10H14FNO3S. The Morgan fingerprint density at radius 3 is 2.19 bits per heavy atom. The summed E-state index contributed by atoms with van der Waals surface area (Å²) in [5, 5.41) is 0. The molecule has 0 heterocycles.